The van der Waals surface area contributed by atoms with Crippen LogP contribution in [0.5, 0.6) is 0 Å². The highest BCUT2D eigenvalue weighted by atomic mass is 32.1. The molecule has 0 aliphatic heterocycles. The van der Waals surface area contributed by atoms with Crippen LogP contribution < -0.4 is 5.32 Å². The van der Waals surface area contributed by atoms with Gasteiger partial charge in [0.2, 0.25) is 0 Å². The number of carboxylic acid groups (broad SMARTS) is 1. The molecular formula is C13H19NO4S. The van der Waals surface area contributed by atoms with Crippen LogP contribution in [-0.2, 0) is 11.2 Å². The van der Waals surface area contributed by atoms with Gasteiger partial charge in [0.1, 0.15) is 6.04 Å². The number of aliphatic carboxylic acids is 1. The minimum atomic E-state index is -1.13. The molecule has 1 heterocycles. The van der Waals surface area contributed by atoms with Gasteiger partial charge in [0.15, 0.2) is 0 Å². The molecule has 0 saturated carbocycles. The first kappa shape index (κ1) is 15.7. The molecule has 0 fully saturated rings. The lowest BCUT2D eigenvalue weighted by atomic mass is 10.1. The van der Waals surface area contributed by atoms with E-state index in [0.29, 0.717) is 4.88 Å². The number of aliphatic hydroxyl groups is 1. The first-order valence-corrected chi connectivity index (χ1v) is 7.05. The SMILES string of the molecule is CCCc1cc(C(=O)NC(CCO)C(=O)O)sc1C. The minimum absolute atomic E-state index is 0.00719. The number of aryl methyl sites for hydroxylation is 2. The van der Waals surface area contributed by atoms with Crippen LogP contribution >= 0.6 is 11.3 Å². The van der Waals surface area contributed by atoms with Crippen molar-refractivity contribution in [1.82, 2.24) is 5.32 Å². The number of hydrogen-bond donors (Lipinski definition) is 3. The standard InChI is InChI=1S/C13H19NO4S/c1-3-4-9-7-11(19-8(9)2)12(16)14-10(5-6-15)13(17)18/h7,10,15H,3-6H2,1-2H3,(H,14,16)(H,17,18). The van der Waals surface area contributed by atoms with Gasteiger partial charge in [-0.2, -0.15) is 0 Å². The fourth-order valence-electron chi connectivity index (χ4n) is 1.77. The Kier molecular flexibility index (Phi) is 5.98. The highest BCUT2D eigenvalue weighted by Crippen LogP contribution is 2.22. The average molecular weight is 285 g/mol. The molecule has 1 unspecified atom stereocenters. The van der Waals surface area contributed by atoms with Gasteiger partial charge in [-0.05, 0) is 25.0 Å². The second-order valence-electron chi connectivity index (χ2n) is 4.32. The zero-order chi connectivity index (χ0) is 14.4. The molecule has 0 saturated heterocycles. The van der Waals surface area contributed by atoms with Crippen LogP contribution in [0.2, 0.25) is 0 Å². The van der Waals surface area contributed by atoms with Crippen molar-refractivity contribution in [2.45, 2.75) is 39.2 Å². The molecule has 5 nitrogen and oxygen atoms in total. The summed E-state index contributed by atoms with van der Waals surface area (Å²) in [7, 11) is 0. The van der Waals surface area contributed by atoms with Crippen LogP contribution in [0.25, 0.3) is 0 Å². The second-order valence-corrected chi connectivity index (χ2v) is 5.57. The number of amides is 1. The molecule has 0 aliphatic carbocycles. The molecule has 0 bridgehead atoms. The summed E-state index contributed by atoms with van der Waals surface area (Å²) in [5.41, 5.74) is 1.13. The van der Waals surface area contributed by atoms with Crippen LogP contribution in [0.15, 0.2) is 6.07 Å². The topological polar surface area (TPSA) is 86.6 Å². The third-order valence-corrected chi connectivity index (χ3v) is 3.88. The summed E-state index contributed by atoms with van der Waals surface area (Å²) in [6.45, 7) is 3.75. The number of hydrogen-bond acceptors (Lipinski definition) is 4. The van der Waals surface area contributed by atoms with Gasteiger partial charge in [-0.1, -0.05) is 13.3 Å². The van der Waals surface area contributed by atoms with Crippen LogP contribution in [0.4, 0.5) is 0 Å². The molecule has 3 N–H and O–H groups in total. The molecule has 0 aliphatic rings. The van der Waals surface area contributed by atoms with E-state index in [2.05, 4.69) is 12.2 Å². The van der Waals surface area contributed by atoms with Gasteiger partial charge in [-0.15, -0.1) is 11.3 Å². The van der Waals surface area contributed by atoms with Crippen molar-refractivity contribution in [3.05, 3.63) is 21.4 Å². The molecule has 1 rings (SSSR count). The van der Waals surface area contributed by atoms with Crippen molar-refractivity contribution >= 4 is 23.2 Å². The Balaban J connectivity index is 2.76. The normalized spacial score (nSPS) is 12.2. The maximum atomic E-state index is 12.0. The van der Waals surface area contributed by atoms with Gasteiger partial charge in [-0.3, -0.25) is 4.79 Å². The Morgan fingerprint density at radius 1 is 1.47 bits per heavy atom. The van der Waals surface area contributed by atoms with Crippen molar-refractivity contribution in [3.8, 4) is 0 Å². The summed E-state index contributed by atoms with van der Waals surface area (Å²) in [4.78, 5) is 24.5. The molecule has 6 heteroatoms. The highest BCUT2D eigenvalue weighted by molar-refractivity contribution is 7.14. The first-order chi connectivity index (χ1) is 8.99. The molecular weight excluding hydrogens is 266 g/mol. The highest BCUT2D eigenvalue weighted by Gasteiger charge is 2.21. The van der Waals surface area contributed by atoms with Crippen molar-refractivity contribution in [2.24, 2.45) is 0 Å². The maximum absolute atomic E-state index is 12.0. The number of aliphatic hydroxyl groups excluding tert-OH is 1. The van der Waals surface area contributed by atoms with E-state index in [-0.39, 0.29) is 13.0 Å². The maximum Gasteiger partial charge on any atom is 0.326 e. The molecule has 1 atom stereocenters. The summed E-state index contributed by atoms with van der Waals surface area (Å²) in [5, 5.41) is 20.1. The molecule has 0 aromatic carbocycles. The van der Waals surface area contributed by atoms with Gasteiger partial charge < -0.3 is 15.5 Å². The molecule has 106 valence electrons. The van der Waals surface area contributed by atoms with Gasteiger partial charge in [-0.25, -0.2) is 4.79 Å². The van der Waals surface area contributed by atoms with Crippen LogP contribution in [0.1, 0.15) is 39.9 Å². The summed E-state index contributed by atoms with van der Waals surface area (Å²) in [5.74, 6) is -1.53. The van der Waals surface area contributed by atoms with E-state index in [1.54, 1.807) is 0 Å². The fraction of sp³-hybridized carbons (Fsp3) is 0.538. The van der Waals surface area contributed by atoms with E-state index < -0.39 is 17.9 Å². The lowest BCUT2D eigenvalue weighted by Gasteiger charge is -2.12. The summed E-state index contributed by atoms with van der Waals surface area (Å²) in [6.07, 6.45) is 1.92. The predicted molar refractivity (Wildman–Crippen MR) is 73.6 cm³/mol. The number of rotatable bonds is 7. The summed E-state index contributed by atoms with van der Waals surface area (Å²) < 4.78 is 0. The molecule has 19 heavy (non-hydrogen) atoms. The molecule has 1 aromatic rings. The number of carboxylic acids is 1. The van der Waals surface area contributed by atoms with E-state index in [9.17, 15) is 9.59 Å². The van der Waals surface area contributed by atoms with Gasteiger partial charge in [0, 0.05) is 17.9 Å². The Bertz CT molecular complexity index is 455. The summed E-state index contributed by atoms with van der Waals surface area (Å²) in [6, 6.07) is 0.769. The zero-order valence-electron chi connectivity index (χ0n) is 11.1. The predicted octanol–water partition coefficient (Wildman–Crippen LogP) is 1.57. The number of nitrogens with one attached hydrogen (secondary N) is 1. The zero-order valence-corrected chi connectivity index (χ0v) is 11.9. The third-order valence-electron chi connectivity index (χ3n) is 2.78. The van der Waals surface area contributed by atoms with Gasteiger partial charge in [0.25, 0.3) is 5.91 Å². The monoisotopic (exact) mass is 285 g/mol. The van der Waals surface area contributed by atoms with E-state index in [1.807, 2.05) is 13.0 Å². The van der Waals surface area contributed by atoms with Crippen LogP contribution in [0.3, 0.4) is 0 Å². The van der Waals surface area contributed by atoms with E-state index in [0.717, 1.165) is 23.3 Å². The van der Waals surface area contributed by atoms with Gasteiger partial charge in [0.05, 0.1) is 4.88 Å². The molecule has 1 aromatic heterocycles. The first-order valence-electron chi connectivity index (χ1n) is 6.23. The lowest BCUT2D eigenvalue weighted by molar-refractivity contribution is -0.139. The molecule has 0 spiro atoms. The average Bonchev–Trinajstić information content (AvgIpc) is 2.71. The van der Waals surface area contributed by atoms with E-state index in [4.69, 9.17) is 10.2 Å². The smallest absolute Gasteiger partial charge is 0.326 e. The lowest BCUT2D eigenvalue weighted by Crippen LogP contribution is -2.41. The molecule has 1 amide bonds. The van der Waals surface area contributed by atoms with Crippen LogP contribution in [0, 0.1) is 6.92 Å². The van der Waals surface area contributed by atoms with Crippen molar-refractivity contribution in [3.63, 3.8) is 0 Å². The van der Waals surface area contributed by atoms with E-state index in [1.165, 1.54) is 11.3 Å². The Labute approximate surface area is 116 Å². The Hall–Kier alpha value is -1.40. The van der Waals surface area contributed by atoms with E-state index >= 15 is 0 Å². The van der Waals surface area contributed by atoms with Crippen molar-refractivity contribution in [1.29, 1.82) is 0 Å². The number of carbonyl (C=O) groups is 2. The van der Waals surface area contributed by atoms with Crippen molar-refractivity contribution < 1.29 is 19.8 Å². The van der Waals surface area contributed by atoms with Gasteiger partial charge >= 0.3 is 5.97 Å². The minimum Gasteiger partial charge on any atom is -0.480 e. The number of carbonyl (C=O) groups excluding carboxylic acids is 1. The quantitative estimate of drug-likeness (QED) is 0.710. The summed E-state index contributed by atoms with van der Waals surface area (Å²) >= 11 is 1.37. The largest absolute Gasteiger partial charge is 0.480 e. The van der Waals surface area contributed by atoms with Crippen molar-refractivity contribution in [2.75, 3.05) is 6.61 Å². The third kappa shape index (κ3) is 4.33. The fourth-order valence-corrected chi connectivity index (χ4v) is 2.74. The number of thiophene rings is 1. The molecule has 0 radical (unpaired) electrons. The van der Waals surface area contributed by atoms with Crippen LogP contribution in [-0.4, -0.2) is 34.7 Å². The Morgan fingerprint density at radius 3 is 2.68 bits per heavy atom. The second kappa shape index (κ2) is 7.25. The Morgan fingerprint density at radius 2 is 2.16 bits per heavy atom.